The number of hydrogen-bond donors (Lipinski definition) is 1. The molecule has 0 saturated carbocycles. The van der Waals surface area contributed by atoms with E-state index in [1.807, 2.05) is 13.0 Å². The van der Waals surface area contributed by atoms with E-state index in [-0.39, 0.29) is 18.2 Å². The third kappa shape index (κ3) is 2.05. The van der Waals surface area contributed by atoms with Gasteiger partial charge in [-0.05, 0) is 12.5 Å². The van der Waals surface area contributed by atoms with Crippen LogP contribution in [0.5, 0.6) is 0 Å². The maximum atomic E-state index is 13.5. The van der Waals surface area contributed by atoms with Crippen LogP contribution in [0.25, 0.3) is 0 Å². The molecular formula is C13H13FN4. The van der Waals surface area contributed by atoms with Crippen LogP contribution in [-0.4, -0.2) is 9.78 Å². The number of nitrogens with two attached hydrogens (primary N) is 1. The van der Waals surface area contributed by atoms with Crippen LogP contribution in [0.4, 0.5) is 10.2 Å². The Kier molecular flexibility index (Phi) is 3.28. The summed E-state index contributed by atoms with van der Waals surface area (Å²) < 4.78 is 15.0. The van der Waals surface area contributed by atoms with Crippen molar-refractivity contribution in [1.29, 1.82) is 5.26 Å². The number of hydrogen-bond acceptors (Lipinski definition) is 3. The number of nitriles is 1. The summed E-state index contributed by atoms with van der Waals surface area (Å²) in [5, 5.41) is 13.2. The van der Waals surface area contributed by atoms with Gasteiger partial charge in [-0.3, -0.25) is 0 Å². The standard InChI is InChI=1S/C13H13FN4/c1-2-12-10(7-15)13(16)18(17-12)8-9-5-3-4-6-11(9)14/h3-6H,2,8,16H2,1H3. The second kappa shape index (κ2) is 4.88. The van der Waals surface area contributed by atoms with E-state index in [0.717, 1.165) is 0 Å². The summed E-state index contributed by atoms with van der Waals surface area (Å²) in [7, 11) is 0. The fourth-order valence-corrected chi connectivity index (χ4v) is 1.80. The molecule has 4 nitrogen and oxygen atoms in total. The van der Waals surface area contributed by atoms with Crippen molar-refractivity contribution < 1.29 is 4.39 Å². The highest BCUT2D eigenvalue weighted by atomic mass is 19.1. The summed E-state index contributed by atoms with van der Waals surface area (Å²) in [5.41, 5.74) is 7.37. The van der Waals surface area contributed by atoms with Crippen LogP contribution in [0, 0.1) is 17.1 Å². The zero-order chi connectivity index (χ0) is 13.1. The van der Waals surface area contributed by atoms with Gasteiger partial charge in [-0.25, -0.2) is 9.07 Å². The van der Waals surface area contributed by atoms with E-state index in [0.29, 0.717) is 23.2 Å². The fraction of sp³-hybridized carbons (Fsp3) is 0.231. The number of anilines is 1. The van der Waals surface area contributed by atoms with Crippen molar-refractivity contribution in [2.75, 3.05) is 5.73 Å². The molecule has 0 bridgehead atoms. The highest BCUT2D eigenvalue weighted by Crippen LogP contribution is 2.18. The molecule has 0 fully saturated rings. The maximum absolute atomic E-state index is 13.5. The highest BCUT2D eigenvalue weighted by Gasteiger charge is 2.14. The second-order valence-corrected chi connectivity index (χ2v) is 3.92. The average molecular weight is 244 g/mol. The van der Waals surface area contributed by atoms with Gasteiger partial charge in [-0.1, -0.05) is 25.1 Å². The maximum Gasteiger partial charge on any atom is 0.140 e. The molecule has 5 heteroatoms. The molecule has 2 aromatic rings. The van der Waals surface area contributed by atoms with Gasteiger partial charge >= 0.3 is 0 Å². The van der Waals surface area contributed by atoms with E-state index in [4.69, 9.17) is 11.0 Å². The normalized spacial score (nSPS) is 10.3. The van der Waals surface area contributed by atoms with Crippen LogP contribution in [0.2, 0.25) is 0 Å². The number of halogens is 1. The van der Waals surface area contributed by atoms with Crippen molar-refractivity contribution in [2.45, 2.75) is 19.9 Å². The molecule has 0 aliphatic carbocycles. The lowest BCUT2D eigenvalue weighted by atomic mass is 10.2. The second-order valence-electron chi connectivity index (χ2n) is 3.92. The van der Waals surface area contributed by atoms with Crippen LogP contribution in [-0.2, 0) is 13.0 Å². The van der Waals surface area contributed by atoms with Gasteiger partial charge < -0.3 is 5.73 Å². The summed E-state index contributed by atoms with van der Waals surface area (Å²) >= 11 is 0. The molecule has 2 rings (SSSR count). The molecule has 0 saturated heterocycles. The lowest BCUT2D eigenvalue weighted by molar-refractivity contribution is 0.585. The van der Waals surface area contributed by atoms with E-state index in [1.54, 1.807) is 18.2 Å². The van der Waals surface area contributed by atoms with Gasteiger partial charge in [0.15, 0.2) is 0 Å². The lowest BCUT2D eigenvalue weighted by Crippen LogP contribution is -2.07. The number of aryl methyl sites for hydroxylation is 1. The Bertz CT molecular complexity index is 610. The summed E-state index contributed by atoms with van der Waals surface area (Å²) in [6, 6.07) is 8.48. The Morgan fingerprint density at radius 3 is 2.72 bits per heavy atom. The van der Waals surface area contributed by atoms with Crippen molar-refractivity contribution >= 4 is 5.82 Å². The van der Waals surface area contributed by atoms with Crippen LogP contribution in [0.1, 0.15) is 23.7 Å². The van der Waals surface area contributed by atoms with Crippen LogP contribution >= 0.6 is 0 Å². The predicted octanol–water partition coefficient (Wildman–Crippen LogP) is 2.09. The van der Waals surface area contributed by atoms with Gasteiger partial charge in [-0.15, -0.1) is 0 Å². The van der Waals surface area contributed by atoms with E-state index in [9.17, 15) is 4.39 Å². The highest BCUT2D eigenvalue weighted by molar-refractivity contribution is 5.52. The molecule has 18 heavy (non-hydrogen) atoms. The van der Waals surface area contributed by atoms with Gasteiger partial charge in [0, 0.05) is 5.56 Å². The molecule has 1 aromatic carbocycles. The zero-order valence-corrected chi connectivity index (χ0v) is 10.0. The Hall–Kier alpha value is -2.35. The van der Waals surface area contributed by atoms with E-state index >= 15 is 0 Å². The Balaban J connectivity index is 2.39. The SMILES string of the molecule is CCc1nn(Cc2ccccc2F)c(N)c1C#N. The first-order valence-corrected chi connectivity index (χ1v) is 5.66. The van der Waals surface area contributed by atoms with Gasteiger partial charge in [0.25, 0.3) is 0 Å². The minimum Gasteiger partial charge on any atom is -0.383 e. The van der Waals surface area contributed by atoms with Gasteiger partial charge in [0.05, 0.1) is 12.2 Å². The predicted molar refractivity (Wildman–Crippen MR) is 66.2 cm³/mol. The molecule has 0 aliphatic rings. The first-order chi connectivity index (χ1) is 8.67. The quantitative estimate of drug-likeness (QED) is 0.898. The number of rotatable bonds is 3. The van der Waals surface area contributed by atoms with Crippen LogP contribution < -0.4 is 5.73 Å². The van der Waals surface area contributed by atoms with Gasteiger partial charge in [0.1, 0.15) is 23.3 Å². The Morgan fingerprint density at radius 1 is 1.44 bits per heavy atom. The first kappa shape index (κ1) is 12.1. The molecule has 0 radical (unpaired) electrons. The molecular weight excluding hydrogens is 231 g/mol. The lowest BCUT2D eigenvalue weighted by Gasteiger charge is -2.05. The van der Waals surface area contributed by atoms with Crippen LogP contribution in [0.3, 0.4) is 0 Å². The number of nitrogens with zero attached hydrogens (tertiary/aromatic N) is 3. The molecule has 1 aromatic heterocycles. The Morgan fingerprint density at radius 2 is 2.17 bits per heavy atom. The monoisotopic (exact) mass is 244 g/mol. The van der Waals surface area contributed by atoms with Crippen LogP contribution in [0.15, 0.2) is 24.3 Å². The van der Waals surface area contributed by atoms with Gasteiger partial charge in [-0.2, -0.15) is 10.4 Å². The largest absolute Gasteiger partial charge is 0.383 e. The van der Waals surface area contributed by atoms with E-state index in [2.05, 4.69) is 5.10 Å². The average Bonchev–Trinajstić information content (AvgIpc) is 2.68. The van der Waals surface area contributed by atoms with E-state index < -0.39 is 0 Å². The third-order valence-electron chi connectivity index (χ3n) is 2.79. The van der Waals surface area contributed by atoms with E-state index in [1.165, 1.54) is 10.7 Å². The topological polar surface area (TPSA) is 67.6 Å². The van der Waals surface area contributed by atoms with Crippen molar-refractivity contribution in [3.8, 4) is 6.07 Å². The third-order valence-corrected chi connectivity index (χ3v) is 2.79. The van der Waals surface area contributed by atoms with Gasteiger partial charge in [0.2, 0.25) is 0 Å². The molecule has 0 atom stereocenters. The molecule has 0 unspecified atom stereocenters. The Labute approximate surface area is 104 Å². The smallest absolute Gasteiger partial charge is 0.140 e. The van der Waals surface area contributed by atoms with Crippen molar-refractivity contribution in [1.82, 2.24) is 9.78 Å². The van der Waals surface area contributed by atoms with Crippen molar-refractivity contribution in [2.24, 2.45) is 0 Å². The number of aromatic nitrogens is 2. The zero-order valence-electron chi connectivity index (χ0n) is 10.0. The molecule has 92 valence electrons. The minimum absolute atomic E-state index is 0.229. The van der Waals surface area contributed by atoms with Crippen molar-refractivity contribution in [3.63, 3.8) is 0 Å². The molecule has 2 N–H and O–H groups in total. The summed E-state index contributed by atoms with van der Waals surface area (Å²) in [6.45, 7) is 2.13. The number of nitrogen functional groups attached to an aromatic ring is 1. The summed E-state index contributed by atoms with van der Waals surface area (Å²) in [6.07, 6.45) is 0.622. The fourth-order valence-electron chi connectivity index (χ4n) is 1.80. The first-order valence-electron chi connectivity index (χ1n) is 5.66. The molecule has 0 aliphatic heterocycles. The van der Waals surface area contributed by atoms with Crippen molar-refractivity contribution in [3.05, 3.63) is 46.9 Å². The minimum atomic E-state index is -0.302. The molecule has 1 heterocycles. The number of benzene rings is 1. The molecule has 0 amide bonds. The summed E-state index contributed by atoms with van der Waals surface area (Å²) in [5.74, 6) is -0.0124. The molecule has 0 spiro atoms. The summed E-state index contributed by atoms with van der Waals surface area (Å²) in [4.78, 5) is 0.